The van der Waals surface area contributed by atoms with Gasteiger partial charge in [0.1, 0.15) is 17.6 Å². The number of carbonyl (C=O) groups excluding carboxylic acids is 1. The Morgan fingerprint density at radius 3 is 2.40 bits per heavy atom. The Morgan fingerprint density at radius 2 is 1.80 bits per heavy atom. The Balaban J connectivity index is 1.72. The summed E-state index contributed by atoms with van der Waals surface area (Å²) in [5, 5.41) is 0. The van der Waals surface area contributed by atoms with Crippen LogP contribution in [0.15, 0.2) is 67.3 Å². The SMILES string of the molecule is C=CC(OC(=O)C1C(C(Br)C(Cl)(Cl)Br)C1(C)C)c1cccc(Oc2ccccc2)c1. The molecule has 1 aliphatic rings. The highest BCUT2D eigenvalue weighted by atomic mass is 79.9. The number of esters is 1. The van der Waals surface area contributed by atoms with Gasteiger partial charge in [-0.2, -0.15) is 0 Å². The second kappa shape index (κ2) is 9.23. The van der Waals surface area contributed by atoms with Crippen molar-refractivity contribution in [3.63, 3.8) is 0 Å². The van der Waals surface area contributed by atoms with Gasteiger partial charge >= 0.3 is 5.97 Å². The molecule has 30 heavy (non-hydrogen) atoms. The zero-order valence-electron chi connectivity index (χ0n) is 16.5. The second-order valence-electron chi connectivity index (χ2n) is 7.85. The van der Waals surface area contributed by atoms with E-state index in [0.717, 1.165) is 11.3 Å². The highest BCUT2D eigenvalue weighted by Gasteiger charge is 2.67. The molecule has 1 saturated carbocycles. The zero-order valence-corrected chi connectivity index (χ0v) is 21.2. The Morgan fingerprint density at radius 1 is 1.17 bits per heavy atom. The molecule has 4 unspecified atom stereocenters. The summed E-state index contributed by atoms with van der Waals surface area (Å²) in [7, 11) is 0. The molecule has 7 heteroatoms. The topological polar surface area (TPSA) is 35.5 Å². The van der Waals surface area contributed by atoms with Crippen molar-refractivity contribution in [2.24, 2.45) is 17.3 Å². The third-order valence-corrected chi connectivity index (χ3v) is 8.78. The molecule has 2 aromatic carbocycles. The van der Waals surface area contributed by atoms with Crippen LogP contribution in [0, 0.1) is 17.3 Å². The van der Waals surface area contributed by atoms with Crippen LogP contribution in [0.5, 0.6) is 11.5 Å². The van der Waals surface area contributed by atoms with Gasteiger partial charge in [-0.25, -0.2) is 0 Å². The third kappa shape index (κ3) is 5.24. The predicted molar refractivity (Wildman–Crippen MR) is 129 cm³/mol. The van der Waals surface area contributed by atoms with Crippen molar-refractivity contribution in [2.75, 3.05) is 0 Å². The van der Waals surface area contributed by atoms with Crippen molar-refractivity contribution in [3.8, 4) is 11.5 Å². The van der Waals surface area contributed by atoms with Crippen LogP contribution in [0.3, 0.4) is 0 Å². The summed E-state index contributed by atoms with van der Waals surface area (Å²) >= 11 is 19.1. The zero-order chi connectivity index (χ0) is 22.1. The molecule has 3 rings (SSSR count). The molecular weight excluding hydrogens is 555 g/mol. The van der Waals surface area contributed by atoms with E-state index in [1.54, 1.807) is 6.08 Å². The highest BCUT2D eigenvalue weighted by molar-refractivity contribution is 9.13. The van der Waals surface area contributed by atoms with Crippen molar-refractivity contribution >= 4 is 61.0 Å². The van der Waals surface area contributed by atoms with Gasteiger partial charge in [-0.3, -0.25) is 4.79 Å². The van der Waals surface area contributed by atoms with Crippen LogP contribution in [-0.2, 0) is 9.53 Å². The van der Waals surface area contributed by atoms with Crippen molar-refractivity contribution in [1.29, 1.82) is 0 Å². The van der Waals surface area contributed by atoms with Gasteiger partial charge in [0.25, 0.3) is 0 Å². The minimum Gasteiger partial charge on any atom is -0.457 e. The molecule has 1 fully saturated rings. The van der Waals surface area contributed by atoms with Crippen LogP contribution < -0.4 is 4.74 Å². The van der Waals surface area contributed by atoms with Crippen molar-refractivity contribution in [2.45, 2.75) is 28.0 Å². The lowest BCUT2D eigenvalue weighted by molar-refractivity contribution is -0.150. The van der Waals surface area contributed by atoms with Gasteiger partial charge in [0, 0.05) is 5.56 Å². The molecule has 0 heterocycles. The number of hydrogen-bond donors (Lipinski definition) is 0. The summed E-state index contributed by atoms with van der Waals surface area (Å²) in [5.74, 6) is 0.673. The summed E-state index contributed by atoms with van der Waals surface area (Å²) in [6.45, 7) is 7.84. The summed E-state index contributed by atoms with van der Waals surface area (Å²) in [6.07, 6.45) is 1.01. The molecule has 0 aliphatic heterocycles. The molecule has 0 N–H and O–H groups in total. The van der Waals surface area contributed by atoms with E-state index in [2.05, 4.69) is 38.4 Å². The van der Waals surface area contributed by atoms with E-state index in [1.165, 1.54) is 0 Å². The number of carbonyl (C=O) groups is 1. The van der Waals surface area contributed by atoms with Gasteiger partial charge < -0.3 is 9.47 Å². The molecular formula is C23H22Br2Cl2O3. The predicted octanol–water partition coefficient (Wildman–Crippen LogP) is 7.81. The first-order valence-electron chi connectivity index (χ1n) is 9.42. The van der Waals surface area contributed by atoms with E-state index in [0.29, 0.717) is 5.75 Å². The maximum absolute atomic E-state index is 13.0. The minimum absolute atomic E-state index is 0.0717. The molecule has 0 radical (unpaired) electrons. The number of benzene rings is 2. The average Bonchev–Trinajstić information content (AvgIpc) is 3.27. The second-order valence-corrected chi connectivity index (χ2v) is 12.4. The Labute approximate surface area is 204 Å². The fourth-order valence-electron chi connectivity index (χ4n) is 3.71. The Bertz CT molecular complexity index is 912. The molecule has 0 amide bonds. The molecule has 0 spiro atoms. The van der Waals surface area contributed by atoms with Crippen LogP contribution in [0.25, 0.3) is 0 Å². The number of rotatable bonds is 8. The number of alkyl halides is 4. The first-order chi connectivity index (χ1) is 14.1. The number of ether oxygens (including phenoxy) is 2. The Kier molecular flexibility index (Phi) is 7.28. The molecule has 0 aromatic heterocycles. The van der Waals surface area contributed by atoms with Crippen LogP contribution in [0.2, 0.25) is 0 Å². The van der Waals surface area contributed by atoms with Gasteiger partial charge in [0.2, 0.25) is 0 Å². The van der Waals surface area contributed by atoms with Crippen LogP contribution in [-0.4, -0.2) is 14.0 Å². The molecule has 3 nitrogen and oxygen atoms in total. The Hall–Kier alpha value is -1.01. The van der Waals surface area contributed by atoms with E-state index in [1.807, 2.05) is 68.4 Å². The van der Waals surface area contributed by atoms with E-state index in [-0.39, 0.29) is 28.0 Å². The summed E-state index contributed by atoms with van der Waals surface area (Å²) < 4.78 is 10.5. The normalized spacial score (nSPS) is 21.9. The summed E-state index contributed by atoms with van der Waals surface area (Å²) in [5.41, 5.74) is 0.486. The fourth-order valence-corrected chi connectivity index (χ4v) is 5.25. The lowest BCUT2D eigenvalue weighted by Gasteiger charge is -2.20. The number of halogens is 4. The lowest BCUT2D eigenvalue weighted by atomic mass is 10.1. The quantitative estimate of drug-likeness (QED) is 0.183. The smallest absolute Gasteiger partial charge is 0.310 e. The molecule has 160 valence electrons. The largest absolute Gasteiger partial charge is 0.457 e. The van der Waals surface area contributed by atoms with Crippen molar-refractivity contribution in [1.82, 2.24) is 0 Å². The highest BCUT2D eigenvalue weighted by Crippen LogP contribution is 2.65. The van der Waals surface area contributed by atoms with Crippen molar-refractivity contribution in [3.05, 3.63) is 72.8 Å². The van der Waals surface area contributed by atoms with Crippen LogP contribution in [0.4, 0.5) is 0 Å². The molecule has 2 aromatic rings. The molecule has 0 saturated heterocycles. The maximum Gasteiger partial charge on any atom is 0.310 e. The third-order valence-electron chi connectivity index (χ3n) is 5.42. The average molecular weight is 577 g/mol. The molecule has 4 atom stereocenters. The van der Waals surface area contributed by atoms with E-state index in [9.17, 15) is 4.79 Å². The number of para-hydroxylation sites is 1. The van der Waals surface area contributed by atoms with Gasteiger partial charge in [0.05, 0.1) is 10.7 Å². The monoisotopic (exact) mass is 574 g/mol. The van der Waals surface area contributed by atoms with E-state index in [4.69, 9.17) is 32.7 Å². The maximum atomic E-state index is 13.0. The lowest BCUT2D eigenvalue weighted by Crippen LogP contribution is -2.24. The molecule has 1 aliphatic carbocycles. The van der Waals surface area contributed by atoms with Crippen LogP contribution in [0.1, 0.15) is 25.5 Å². The minimum atomic E-state index is -1.18. The first kappa shape index (κ1) is 23.6. The fraction of sp³-hybridized carbons (Fsp3) is 0.348. The number of hydrogen-bond acceptors (Lipinski definition) is 3. The van der Waals surface area contributed by atoms with Gasteiger partial charge in [-0.05, 0) is 57.6 Å². The van der Waals surface area contributed by atoms with Gasteiger partial charge in [-0.1, -0.05) is 89.9 Å². The van der Waals surface area contributed by atoms with Gasteiger partial charge in [-0.15, -0.1) is 0 Å². The standard InChI is InChI=1S/C23H22Br2Cl2O3/c1-4-17(14-9-8-12-16(13-14)29-15-10-6-5-7-11-15)30-21(28)19-18(22(19,2)3)20(24)23(25,26)27/h4-13,17-20H,1H2,2-3H3. The van der Waals surface area contributed by atoms with Crippen LogP contribution >= 0.6 is 55.1 Å². The molecule has 0 bridgehead atoms. The van der Waals surface area contributed by atoms with Gasteiger partial charge in [0.15, 0.2) is 3.24 Å². The summed E-state index contributed by atoms with van der Waals surface area (Å²) in [6, 6.07) is 16.9. The van der Waals surface area contributed by atoms with E-state index >= 15 is 0 Å². The van der Waals surface area contributed by atoms with E-state index < -0.39 is 9.35 Å². The first-order valence-corrected chi connectivity index (χ1v) is 11.9. The van der Waals surface area contributed by atoms with Crippen molar-refractivity contribution < 1.29 is 14.3 Å². The summed E-state index contributed by atoms with van der Waals surface area (Å²) in [4.78, 5) is 12.6.